The molecular weight excluding hydrogens is 635 g/mol. The van der Waals surface area contributed by atoms with Crippen LogP contribution in [0.2, 0.25) is 0 Å². The molecular formula is C49H39NS. The Bertz CT molecular complexity index is 2770. The lowest BCUT2D eigenvalue weighted by atomic mass is 9.77. The minimum Gasteiger partial charge on any atom is -0.321 e. The predicted molar refractivity (Wildman–Crippen MR) is 219 cm³/mol. The first-order valence-electron chi connectivity index (χ1n) is 18.3. The fourth-order valence-corrected chi connectivity index (χ4v) is 10.0. The van der Waals surface area contributed by atoms with Gasteiger partial charge in [-0.05, 0) is 133 Å². The normalized spacial score (nSPS) is 14.7. The summed E-state index contributed by atoms with van der Waals surface area (Å²) in [7, 11) is 0. The first kappa shape index (κ1) is 30.5. The van der Waals surface area contributed by atoms with Gasteiger partial charge >= 0.3 is 0 Å². The average molecular weight is 674 g/mol. The van der Waals surface area contributed by atoms with Gasteiger partial charge < -0.3 is 5.73 Å². The van der Waals surface area contributed by atoms with E-state index in [1.54, 1.807) is 0 Å². The Balaban J connectivity index is 1.03. The Morgan fingerprint density at radius 1 is 0.549 bits per heavy atom. The number of hydrogen-bond acceptors (Lipinski definition) is 2. The van der Waals surface area contributed by atoms with Crippen molar-refractivity contribution in [1.82, 2.24) is 0 Å². The molecule has 2 N–H and O–H groups in total. The fourth-order valence-electron chi connectivity index (χ4n) is 8.80. The van der Waals surface area contributed by atoms with Crippen molar-refractivity contribution in [3.05, 3.63) is 177 Å². The summed E-state index contributed by atoms with van der Waals surface area (Å²) in [4.78, 5) is 0. The van der Waals surface area contributed by atoms with Gasteiger partial charge in [-0.15, -0.1) is 11.3 Å². The maximum Gasteiger partial charge on any atom is 0.0491 e. The van der Waals surface area contributed by atoms with Crippen molar-refractivity contribution in [2.24, 2.45) is 5.73 Å². The molecule has 1 unspecified atom stereocenters. The highest BCUT2D eigenvalue weighted by Crippen LogP contribution is 2.39. The van der Waals surface area contributed by atoms with Gasteiger partial charge in [0.2, 0.25) is 0 Å². The minimum atomic E-state index is -0.582. The van der Waals surface area contributed by atoms with Gasteiger partial charge in [0.05, 0.1) is 0 Å². The molecule has 10 rings (SSSR count). The molecule has 0 fully saturated rings. The fraction of sp³-hybridized carbons (Fsp3) is 0.143. The molecule has 1 nitrogen and oxygen atoms in total. The zero-order valence-electron chi connectivity index (χ0n) is 28.7. The summed E-state index contributed by atoms with van der Waals surface area (Å²) in [6.45, 7) is 0. The van der Waals surface area contributed by atoms with Crippen LogP contribution in [0.5, 0.6) is 0 Å². The second kappa shape index (κ2) is 12.2. The molecule has 1 aromatic heterocycles. The van der Waals surface area contributed by atoms with Crippen LogP contribution < -0.4 is 15.5 Å². The zero-order chi connectivity index (χ0) is 33.9. The number of nitrogens with two attached hydrogens (primary N) is 1. The lowest BCUT2D eigenvalue weighted by molar-refractivity contribution is 0.438. The van der Waals surface area contributed by atoms with Gasteiger partial charge in [-0.2, -0.15) is 0 Å². The van der Waals surface area contributed by atoms with Crippen LogP contribution in [0, 0.1) is 0 Å². The van der Waals surface area contributed by atoms with E-state index < -0.39 is 5.54 Å². The van der Waals surface area contributed by atoms with Crippen LogP contribution in [0.25, 0.3) is 66.0 Å². The summed E-state index contributed by atoms with van der Waals surface area (Å²) in [6.07, 6.45) is 10.7. The van der Waals surface area contributed by atoms with Crippen LogP contribution in [-0.4, -0.2) is 0 Å². The van der Waals surface area contributed by atoms with Crippen LogP contribution in [0.3, 0.4) is 0 Å². The van der Waals surface area contributed by atoms with E-state index in [-0.39, 0.29) is 0 Å². The molecule has 0 amide bonds. The van der Waals surface area contributed by atoms with Crippen LogP contribution in [0.4, 0.5) is 0 Å². The molecule has 2 heteroatoms. The number of thiophene rings is 1. The van der Waals surface area contributed by atoms with Gasteiger partial charge in [0.25, 0.3) is 0 Å². The van der Waals surface area contributed by atoms with Gasteiger partial charge in [-0.3, -0.25) is 0 Å². The average Bonchev–Trinajstić information content (AvgIpc) is 3.55. The monoisotopic (exact) mass is 673 g/mol. The lowest BCUT2D eigenvalue weighted by Crippen LogP contribution is -2.41. The Kier molecular flexibility index (Phi) is 7.30. The van der Waals surface area contributed by atoms with E-state index in [0.717, 1.165) is 38.5 Å². The van der Waals surface area contributed by atoms with E-state index in [4.69, 9.17) is 5.73 Å². The van der Waals surface area contributed by atoms with Crippen LogP contribution in [-0.2, 0) is 31.2 Å². The molecule has 8 aromatic rings. The quantitative estimate of drug-likeness (QED) is 0.187. The third-order valence-corrected chi connectivity index (χ3v) is 12.6. The number of benzene rings is 7. The summed E-state index contributed by atoms with van der Waals surface area (Å²) >= 11 is 1.92. The second-order valence-electron chi connectivity index (χ2n) is 14.6. The molecule has 1 heterocycles. The molecule has 0 spiro atoms. The summed E-state index contributed by atoms with van der Waals surface area (Å²) in [5.41, 5.74) is 19.0. The van der Waals surface area contributed by atoms with Crippen molar-refractivity contribution in [1.29, 1.82) is 0 Å². The summed E-state index contributed by atoms with van der Waals surface area (Å²) < 4.78 is 2.78. The molecule has 1 atom stereocenters. The largest absolute Gasteiger partial charge is 0.321 e. The summed E-state index contributed by atoms with van der Waals surface area (Å²) in [6, 6.07) is 52.0. The van der Waals surface area contributed by atoms with E-state index >= 15 is 0 Å². The number of rotatable bonds is 6. The molecule has 0 saturated carbocycles. The number of fused-ring (bicyclic) bond motifs is 9. The third-order valence-electron chi connectivity index (χ3n) is 11.4. The van der Waals surface area contributed by atoms with Crippen molar-refractivity contribution >= 4 is 55.1 Å². The summed E-state index contributed by atoms with van der Waals surface area (Å²) in [5.74, 6) is 0. The molecule has 2 aliphatic rings. The van der Waals surface area contributed by atoms with E-state index in [1.165, 1.54) is 91.5 Å². The Morgan fingerprint density at radius 3 is 2.14 bits per heavy atom. The SMILES string of the molecule is NC(Cc1ccc2c(c1)CCc1c-2ccc2ccccc12)(Cc1ccc2c3c(sc2c1)=CCCC=3)c1ccc(-c2ccc3ccccc3c2)cc1. The van der Waals surface area contributed by atoms with Gasteiger partial charge in [-0.25, -0.2) is 0 Å². The Labute approximate surface area is 303 Å². The standard InChI is InChI=1S/C49H39NS/c50-49(31-33-14-24-46-45-11-5-6-12-47(45)51-48(46)28-33,40-21-17-35(18-22-40)38-16-15-34-7-1-2-9-37(34)29-38)30-32-13-23-42-39(27-32)20-26-43-41-10-4-3-8-36(41)19-25-44(42)43/h1-4,7-19,21-25,27-29H,5-6,20,26,30-31,50H2. The van der Waals surface area contributed by atoms with E-state index in [0.29, 0.717) is 0 Å². The third kappa shape index (κ3) is 5.42. The molecule has 0 bridgehead atoms. The van der Waals surface area contributed by atoms with E-state index in [1.807, 2.05) is 11.3 Å². The highest BCUT2D eigenvalue weighted by Gasteiger charge is 2.30. The number of aryl methyl sites for hydroxylation is 2. The van der Waals surface area contributed by atoms with Gasteiger partial charge in [0, 0.05) is 14.8 Å². The number of hydrogen-bond donors (Lipinski definition) is 1. The van der Waals surface area contributed by atoms with Crippen molar-refractivity contribution in [3.63, 3.8) is 0 Å². The molecule has 51 heavy (non-hydrogen) atoms. The van der Waals surface area contributed by atoms with Crippen LogP contribution in [0.15, 0.2) is 140 Å². The predicted octanol–water partition coefficient (Wildman–Crippen LogP) is 10.6. The topological polar surface area (TPSA) is 26.0 Å². The van der Waals surface area contributed by atoms with Crippen molar-refractivity contribution in [2.75, 3.05) is 0 Å². The summed E-state index contributed by atoms with van der Waals surface area (Å²) in [5, 5.41) is 8.03. The first-order chi connectivity index (χ1) is 25.1. The van der Waals surface area contributed by atoms with Gasteiger partial charge in [0.1, 0.15) is 0 Å². The highest BCUT2D eigenvalue weighted by atomic mass is 32.1. The Hall–Kier alpha value is -5.28. The van der Waals surface area contributed by atoms with E-state index in [9.17, 15) is 0 Å². The van der Waals surface area contributed by atoms with Crippen molar-refractivity contribution in [2.45, 2.75) is 44.1 Å². The molecule has 7 aromatic carbocycles. The van der Waals surface area contributed by atoms with Crippen LogP contribution >= 0.6 is 11.3 Å². The maximum absolute atomic E-state index is 7.69. The first-order valence-corrected chi connectivity index (χ1v) is 19.1. The molecule has 246 valence electrons. The zero-order valence-corrected chi connectivity index (χ0v) is 29.5. The van der Waals surface area contributed by atoms with Crippen LogP contribution in [0.1, 0.15) is 40.7 Å². The smallest absolute Gasteiger partial charge is 0.0491 e. The minimum absolute atomic E-state index is 0.582. The van der Waals surface area contributed by atoms with Gasteiger partial charge in [0.15, 0.2) is 0 Å². The molecule has 0 saturated heterocycles. The highest BCUT2D eigenvalue weighted by molar-refractivity contribution is 7.17. The van der Waals surface area contributed by atoms with Gasteiger partial charge in [-0.1, -0.05) is 140 Å². The van der Waals surface area contributed by atoms with Crippen molar-refractivity contribution in [3.8, 4) is 22.3 Å². The lowest BCUT2D eigenvalue weighted by Gasteiger charge is -2.32. The van der Waals surface area contributed by atoms with E-state index in [2.05, 4.69) is 152 Å². The molecule has 0 aliphatic heterocycles. The van der Waals surface area contributed by atoms with Crippen molar-refractivity contribution < 1.29 is 0 Å². The molecule has 0 radical (unpaired) electrons. The molecule has 2 aliphatic carbocycles. The second-order valence-corrected chi connectivity index (χ2v) is 15.7. The maximum atomic E-state index is 7.69. The Morgan fingerprint density at radius 2 is 1.25 bits per heavy atom.